The summed E-state index contributed by atoms with van der Waals surface area (Å²) < 4.78 is 43.5. The molecule has 142 valence electrons. The Labute approximate surface area is 157 Å². The Bertz CT molecular complexity index is 856. The molecule has 2 aromatic carbocycles. The highest BCUT2D eigenvalue weighted by Crippen LogP contribution is 2.38. The predicted octanol–water partition coefficient (Wildman–Crippen LogP) is 3.61. The van der Waals surface area contributed by atoms with E-state index in [1.54, 1.807) is 42.5 Å². The average Bonchev–Trinajstić information content (AvgIpc) is 3.11. The number of hydrogen-bond donors (Lipinski definition) is 2. The molecule has 1 amide bonds. The molecule has 9 heteroatoms. The van der Waals surface area contributed by atoms with Crippen molar-refractivity contribution in [3.05, 3.63) is 72.0 Å². The van der Waals surface area contributed by atoms with Gasteiger partial charge in [0.25, 0.3) is 0 Å². The smallest absolute Gasteiger partial charge is 0.446 e. The number of carbonyl (C=O) groups excluding carboxylic acids is 1. The molecular formula is C18H15F3N2O3S. The minimum absolute atomic E-state index is 0.0270. The average molecular weight is 396 g/mol. The van der Waals surface area contributed by atoms with Gasteiger partial charge in [0.05, 0.1) is 0 Å². The summed E-state index contributed by atoms with van der Waals surface area (Å²) in [5.41, 5.74) is 3.33. The quantitative estimate of drug-likeness (QED) is 0.730. The van der Waals surface area contributed by atoms with Crippen LogP contribution in [0.15, 0.2) is 65.8 Å². The zero-order chi connectivity index (χ0) is 19.5. The third-order valence-electron chi connectivity index (χ3n) is 3.90. The summed E-state index contributed by atoms with van der Waals surface area (Å²) in [5, 5.41) is 0. The lowest BCUT2D eigenvalue weighted by Gasteiger charge is -2.23. The fraction of sp³-hybridized carbons (Fsp3) is 0.167. The largest absolute Gasteiger partial charge is 0.489 e. The number of nitrogens with one attached hydrogen (secondary N) is 1. The monoisotopic (exact) mass is 396 g/mol. The first-order valence-electron chi connectivity index (χ1n) is 7.77. The highest BCUT2D eigenvalue weighted by atomic mass is 32.2. The number of thioether (sulfide) groups is 1. The van der Waals surface area contributed by atoms with Crippen LogP contribution in [-0.2, 0) is 21.8 Å². The first-order valence-corrected chi connectivity index (χ1v) is 8.59. The lowest BCUT2D eigenvalue weighted by atomic mass is 9.90. The van der Waals surface area contributed by atoms with Crippen molar-refractivity contribution in [1.82, 2.24) is 5.48 Å². The lowest BCUT2D eigenvalue weighted by Crippen LogP contribution is -2.48. The van der Waals surface area contributed by atoms with E-state index in [1.165, 1.54) is 18.4 Å². The van der Waals surface area contributed by atoms with Crippen LogP contribution >= 0.6 is 11.8 Å². The molecule has 1 unspecified atom stereocenters. The van der Waals surface area contributed by atoms with Crippen molar-refractivity contribution < 1.29 is 27.5 Å². The van der Waals surface area contributed by atoms with Gasteiger partial charge in [-0.25, -0.2) is 0 Å². The number of alkyl halides is 3. The second-order valence-electron chi connectivity index (χ2n) is 5.66. The van der Waals surface area contributed by atoms with Crippen LogP contribution in [0.25, 0.3) is 0 Å². The van der Waals surface area contributed by atoms with Crippen molar-refractivity contribution in [2.45, 2.75) is 22.5 Å². The van der Waals surface area contributed by atoms with Crippen LogP contribution in [0.4, 0.5) is 13.2 Å². The summed E-state index contributed by atoms with van der Waals surface area (Å²) in [6.45, 7) is -0.0270. The zero-order valence-corrected chi connectivity index (χ0v) is 14.6. The van der Waals surface area contributed by atoms with E-state index in [4.69, 9.17) is 15.3 Å². The molecule has 27 heavy (non-hydrogen) atoms. The summed E-state index contributed by atoms with van der Waals surface area (Å²) in [5.74, 6) is -0.198. The molecule has 5 nitrogen and oxygen atoms in total. The van der Waals surface area contributed by atoms with E-state index in [0.717, 1.165) is 0 Å². The number of amides is 1. The molecule has 2 aromatic rings. The van der Waals surface area contributed by atoms with Crippen molar-refractivity contribution in [2.75, 3.05) is 0 Å². The summed E-state index contributed by atoms with van der Waals surface area (Å²) in [6, 6.07) is 12.6. The van der Waals surface area contributed by atoms with Crippen molar-refractivity contribution in [3.8, 4) is 5.75 Å². The molecule has 0 radical (unpaired) electrons. The molecule has 1 aliphatic heterocycles. The normalized spacial score (nSPS) is 18.9. The van der Waals surface area contributed by atoms with Crippen molar-refractivity contribution in [2.24, 2.45) is 5.73 Å². The zero-order valence-electron chi connectivity index (χ0n) is 13.8. The van der Waals surface area contributed by atoms with Crippen LogP contribution in [0.2, 0.25) is 0 Å². The maximum absolute atomic E-state index is 12.6. The topological polar surface area (TPSA) is 73.6 Å². The Balaban J connectivity index is 1.72. The van der Waals surface area contributed by atoms with Gasteiger partial charge >= 0.3 is 5.51 Å². The van der Waals surface area contributed by atoms with Crippen LogP contribution in [0.3, 0.4) is 0 Å². The second kappa shape index (κ2) is 7.53. The molecule has 1 atom stereocenters. The first kappa shape index (κ1) is 19.1. The van der Waals surface area contributed by atoms with Gasteiger partial charge in [-0.2, -0.15) is 13.2 Å². The molecule has 0 aromatic heterocycles. The summed E-state index contributed by atoms with van der Waals surface area (Å²) in [6.07, 6.45) is 2.82. The molecule has 0 saturated carbocycles. The highest BCUT2D eigenvalue weighted by molar-refractivity contribution is 8.00. The number of ether oxygens (including phenoxy) is 1. The number of benzene rings is 2. The van der Waals surface area contributed by atoms with Crippen LogP contribution in [0, 0.1) is 0 Å². The summed E-state index contributed by atoms with van der Waals surface area (Å²) in [4.78, 5) is 16.8. The first-order chi connectivity index (χ1) is 12.8. The van der Waals surface area contributed by atoms with Gasteiger partial charge in [-0.15, -0.1) is 5.48 Å². The number of rotatable bonds is 6. The number of halogens is 3. The molecule has 1 aliphatic rings. The fourth-order valence-corrected chi connectivity index (χ4v) is 3.20. The molecule has 0 bridgehead atoms. The Morgan fingerprint density at radius 1 is 1.19 bits per heavy atom. The number of nitrogens with two attached hydrogens (primary N) is 1. The van der Waals surface area contributed by atoms with Gasteiger partial charge in [0.1, 0.15) is 18.6 Å². The fourth-order valence-electron chi connectivity index (χ4n) is 2.55. The Kier molecular flexibility index (Phi) is 5.33. The van der Waals surface area contributed by atoms with Gasteiger partial charge in [0, 0.05) is 10.5 Å². The van der Waals surface area contributed by atoms with Gasteiger partial charge in [-0.1, -0.05) is 30.3 Å². The van der Waals surface area contributed by atoms with E-state index in [9.17, 15) is 18.0 Å². The molecule has 3 N–H and O–H groups in total. The molecule has 1 heterocycles. The minimum Gasteiger partial charge on any atom is -0.489 e. The van der Waals surface area contributed by atoms with Crippen LogP contribution in [-0.4, -0.2) is 11.4 Å². The number of primary amides is 1. The maximum Gasteiger partial charge on any atom is 0.446 e. The molecule has 3 rings (SSSR count). The molecular weight excluding hydrogens is 381 g/mol. The van der Waals surface area contributed by atoms with Crippen molar-refractivity contribution in [1.29, 1.82) is 0 Å². The SMILES string of the molecule is NC(=O)C1(c2ccc(OCc3ccccc3SC(F)(F)F)cc2)C=CON1. The van der Waals surface area contributed by atoms with Gasteiger partial charge < -0.3 is 15.3 Å². The molecule has 0 saturated heterocycles. The Morgan fingerprint density at radius 2 is 1.89 bits per heavy atom. The van der Waals surface area contributed by atoms with E-state index < -0.39 is 17.0 Å². The van der Waals surface area contributed by atoms with E-state index in [0.29, 0.717) is 16.9 Å². The van der Waals surface area contributed by atoms with Crippen LogP contribution < -0.4 is 16.0 Å². The summed E-state index contributed by atoms with van der Waals surface area (Å²) in [7, 11) is 0. The Morgan fingerprint density at radius 3 is 2.48 bits per heavy atom. The predicted molar refractivity (Wildman–Crippen MR) is 93.4 cm³/mol. The van der Waals surface area contributed by atoms with E-state index >= 15 is 0 Å². The van der Waals surface area contributed by atoms with Gasteiger partial charge in [-0.3, -0.25) is 4.79 Å². The number of hydroxylamine groups is 1. The van der Waals surface area contributed by atoms with Crippen LogP contribution in [0.1, 0.15) is 11.1 Å². The summed E-state index contributed by atoms with van der Waals surface area (Å²) >= 11 is -0.177. The molecule has 0 spiro atoms. The third kappa shape index (κ3) is 4.37. The highest BCUT2D eigenvalue weighted by Gasteiger charge is 2.40. The lowest BCUT2D eigenvalue weighted by molar-refractivity contribution is -0.125. The van der Waals surface area contributed by atoms with Gasteiger partial charge in [0.2, 0.25) is 5.91 Å². The molecule has 0 aliphatic carbocycles. The van der Waals surface area contributed by atoms with Crippen molar-refractivity contribution >= 4 is 17.7 Å². The van der Waals surface area contributed by atoms with Gasteiger partial charge in [0.15, 0.2) is 5.54 Å². The van der Waals surface area contributed by atoms with Crippen molar-refractivity contribution in [3.63, 3.8) is 0 Å². The van der Waals surface area contributed by atoms with E-state index in [1.807, 2.05) is 0 Å². The van der Waals surface area contributed by atoms with E-state index in [2.05, 4.69) is 5.48 Å². The number of hydrogen-bond acceptors (Lipinski definition) is 5. The molecule has 0 fully saturated rings. The van der Waals surface area contributed by atoms with Gasteiger partial charge in [-0.05, 0) is 41.6 Å². The van der Waals surface area contributed by atoms with Crippen LogP contribution in [0.5, 0.6) is 5.75 Å². The number of carbonyl (C=O) groups is 1. The second-order valence-corrected chi connectivity index (χ2v) is 6.77. The third-order valence-corrected chi connectivity index (χ3v) is 4.75. The van der Waals surface area contributed by atoms with E-state index in [-0.39, 0.29) is 23.3 Å². The maximum atomic E-state index is 12.6. The minimum atomic E-state index is -4.37. The standard InChI is InChI=1S/C18H15F3N2O3S/c19-18(20,21)27-15-4-2-1-3-12(15)11-25-14-7-5-13(6-8-14)17(16(22)24)9-10-26-23-17/h1-10,23H,11H2,(H2,22,24). The Hall–Kier alpha value is -2.65.